The molecule has 4 aromatic rings. The fourth-order valence-corrected chi connectivity index (χ4v) is 4.49. The topological polar surface area (TPSA) is 47.4 Å². The average Bonchev–Trinajstić information content (AvgIpc) is 3.38. The predicted molar refractivity (Wildman–Crippen MR) is 123 cm³/mol. The molecule has 0 N–H and O–H groups in total. The fourth-order valence-electron chi connectivity index (χ4n) is 4.49. The van der Waals surface area contributed by atoms with E-state index in [1.807, 2.05) is 53.4 Å². The number of ether oxygens (including phenoxy) is 1. The fraction of sp³-hybridized carbons (Fsp3) is 0.231. The van der Waals surface area contributed by atoms with Crippen molar-refractivity contribution < 1.29 is 9.53 Å². The van der Waals surface area contributed by atoms with E-state index in [1.54, 1.807) is 7.11 Å². The van der Waals surface area contributed by atoms with E-state index in [4.69, 9.17) is 9.72 Å². The Kier molecular flexibility index (Phi) is 5.16. The van der Waals surface area contributed by atoms with Crippen molar-refractivity contribution >= 4 is 22.6 Å². The van der Waals surface area contributed by atoms with Gasteiger partial charge in [0.1, 0.15) is 11.6 Å². The SMILES string of the molecule is COc1ccccc1N1C[C@H](c2nc3ccccc3n2CCc2ccccc2)CC1=O. The normalized spacial score (nSPS) is 16.2. The average molecular weight is 412 g/mol. The number of hydrogen-bond acceptors (Lipinski definition) is 3. The number of para-hydroxylation sites is 4. The second-order valence-corrected chi connectivity index (χ2v) is 7.92. The third kappa shape index (κ3) is 3.67. The van der Waals surface area contributed by atoms with Gasteiger partial charge in [-0.05, 0) is 36.2 Å². The molecule has 1 saturated heterocycles. The molecule has 5 nitrogen and oxygen atoms in total. The molecule has 1 aromatic heterocycles. The molecule has 0 aliphatic carbocycles. The minimum Gasteiger partial charge on any atom is -0.495 e. The molecule has 1 aliphatic heterocycles. The molecule has 0 spiro atoms. The van der Waals surface area contributed by atoms with Crippen molar-refractivity contribution in [1.29, 1.82) is 0 Å². The first kappa shape index (κ1) is 19.4. The summed E-state index contributed by atoms with van der Waals surface area (Å²) in [5.41, 5.74) is 4.22. The molecule has 1 atom stereocenters. The van der Waals surface area contributed by atoms with Gasteiger partial charge >= 0.3 is 0 Å². The van der Waals surface area contributed by atoms with Gasteiger partial charge in [0.25, 0.3) is 0 Å². The Morgan fingerprint density at radius 1 is 0.968 bits per heavy atom. The van der Waals surface area contributed by atoms with Gasteiger partial charge in [0, 0.05) is 25.4 Å². The summed E-state index contributed by atoms with van der Waals surface area (Å²) >= 11 is 0. The highest BCUT2D eigenvalue weighted by atomic mass is 16.5. The lowest BCUT2D eigenvalue weighted by atomic mass is 10.1. The van der Waals surface area contributed by atoms with E-state index in [9.17, 15) is 4.79 Å². The van der Waals surface area contributed by atoms with Crippen LogP contribution in [0.15, 0.2) is 78.9 Å². The third-order valence-electron chi connectivity index (χ3n) is 6.02. The first-order valence-corrected chi connectivity index (χ1v) is 10.7. The van der Waals surface area contributed by atoms with Crippen LogP contribution >= 0.6 is 0 Å². The van der Waals surface area contributed by atoms with Gasteiger partial charge in [0.2, 0.25) is 5.91 Å². The molecule has 1 aliphatic rings. The summed E-state index contributed by atoms with van der Waals surface area (Å²) in [5, 5.41) is 0. The summed E-state index contributed by atoms with van der Waals surface area (Å²) in [5.74, 6) is 1.86. The molecule has 0 radical (unpaired) electrons. The van der Waals surface area contributed by atoms with Crippen molar-refractivity contribution in [2.75, 3.05) is 18.6 Å². The lowest BCUT2D eigenvalue weighted by Gasteiger charge is -2.19. The number of rotatable bonds is 6. The van der Waals surface area contributed by atoms with E-state index in [0.717, 1.165) is 35.5 Å². The highest BCUT2D eigenvalue weighted by Gasteiger charge is 2.35. The van der Waals surface area contributed by atoms with Crippen LogP contribution in [0, 0.1) is 0 Å². The molecule has 156 valence electrons. The van der Waals surface area contributed by atoms with Gasteiger partial charge in [-0.3, -0.25) is 4.79 Å². The summed E-state index contributed by atoms with van der Waals surface area (Å²) in [4.78, 5) is 19.8. The van der Waals surface area contributed by atoms with Crippen LogP contribution in [0.5, 0.6) is 5.75 Å². The number of amides is 1. The minimum atomic E-state index is 0.0422. The number of imidazole rings is 1. The second kappa shape index (κ2) is 8.26. The van der Waals surface area contributed by atoms with Crippen LogP contribution in [-0.4, -0.2) is 29.1 Å². The van der Waals surface area contributed by atoms with Gasteiger partial charge < -0.3 is 14.2 Å². The Balaban J connectivity index is 1.48. The van der Waals surface area contributed by atoms with Gasteiger partial charge in [0.05, 0.1) is 23.8 Å². The zero-order valence-corrected chi connectivity index (χ0v) is 17.6. The molecule has 3 aromatic carbocycles. The third-order valence-corrected chi connectivity index (χ3v) is 6.02. The van der Waals surface area contributed by atoms with E-state index in [1.165, 1.54) is 5.56 Å². The van der Waals surface area contributed by atoms with Crippen LogP contribution in [0.4, 0.5) is 5.69 Å². The smallest absolute Gasteiger partial charge is 0.227 e. The van der Waals surface area contributed by atoms with Crippen LogP contribution in [0.3, 0.4) is 0 Å². The summed E-state index contributed by atoms with van der Waals surface area (Å²) in [6.45, 7) is 1.44. The Morgan fingerprint density at radius 2 is 1.71 bits per heavy atom. The summed E-state index contributed by atoms with van der Waals surface area (Å²) in [6.07, 6.45) is 1.37. The van der Waals surface area contributed by atoms with Gasteiger partial charge in [-0.25, -0.2) is 4.98 Å². The molecule has 0 saturated carbocycles. The first-order valence-electron chi connectivity index (χ1n) is 10.7. The quantitative estimate of drug-likeness (QED) is 0.458. The Morgan fingerprint density at radius 3 is 2.55 bits per heavy atom. The van der Waals surface area contributed by atoms with Crippen molar-refractivity contribution in [3.05, 3.63) is 90.3 Å². The Labute approximate surface area is 181 Å². The maximum Gasteiger partial charge on any atom is 0.227 e. The van der Waals surface area contributed by atoms with E-state index < -0.39 is 0 Å². The molecule has 1 fully saturated rings. The Hall–Kier alpha value is -3.60. The number of anilines is 1. The summed E-state index contributed by atoms with van der Waals surface area (Å²) < 4.78 is 7.79. The van der Waals surface area contributed by atoms with Crippen LogP contribution < -0.4 is 9.64 Å². The highest BCUT2D eigenvalue weighted by molar-refractivity contribution is 5.97. The van der Waals surface area contributed by atoms with Crippen LogP contribution in [0.1, 0.15) is 23.7 Å². The number of methoxy groups -OCH3 is 1. The van der Waals surface area contributed by atoms with Gasteiger partial charge in [-0.1, -0.05) is 54.6 Å². The van der Waals surface area contributed by atoms with Crippen molar-refractivity contribution in [1.82, 2.24) is 9.55 Å². The number of carbonyl (C=O) groups is 1. The molecular formula is C26H25N3O2. The second-order valence-electron chi connectivity index (χ2n) is 7.92. The number of aryl methyl sites for hydroxylation is 2. The van der Waals surface area contributed by atoms with Crippen molar-refractivity contribution in [3.63, 3.8) is 0 Å². The predicted octanol–water partition coefficient (Wildman–Crippen LogP) is 4.81. The van der Waals surface area contributed by atoms with Crippen molar-refractivity contribution in [3.8, 4) is 5.75 Å². The standard InChI is InChI=1S/C26H25N3O2/c1-31-24-14-8-7-13-23(24)29-18-20(17-25(29)30)26-27-21-11-5-6-12-22(21)28(26)16-15-19-9-3-2-4-10-19/h2-14,20H,15-18H2,1H3/t20-/m1/s1. The molecule has 5 heteroatoms. The molecular weight excluding hydrogens is 386 g/mol. The number of nitrogens with zero attached hydrogens (tertiary/aromatic N) is 3. The Bertz CT molecular complexity index is 1220. The monoisotopic (exact) mass is 411 g/mol. The van der Waals surface area contributed by atoms with Crippen molar-refractivity contribution in [2.45, 2.75) is 25.3 Å². The maximum absolute atomic E-state index is 13.0. The summed E-state index contributed by atoms with van der Waals surface area (Å²) in [7, 11) is 1.64. The van der Waals surface area contributed by atoms with E-state index >= 15 is 0 Å². The molecule has 5 rings (SSSR count). The van der Waals surface area contributed by atoms with Crippen LogP contribution in [0.2, 0.25) is 0 Å². The zero-order valence-electron chi connectivity index (χ0n) is 17.6. The molecule has 31 heavy (non-hydrogen) atoms. The molecule has 1 amide bonds. The number of aromatic nitrogens is 2. The van der Waals surface area contributed by atoms with Crippen LogP contribution in [0.25, 0.3) is 11.0 Å². The molecule has 0 unspecified atom stereocenters. The van der Waals surface area contributed by atoms with E-state index in [0.29, 0.717) is 18.7 Å². The zero-order chi connectivity index (χ0) is 21.2. The highest BCUT2D eigenvalue weighted by Crippen LogP contribution is 2.37. The number of fused-ring (bicyclic) bond motifs is 1. The van der Waals surface area contributed by atoms with Gasteiger partial charge in [0.15, 0.2) is 0 Å². The lowest BCUT2D eigenvalue weighted by molar-refractivity contribution is -0.117. The van der Waals surface area contributed by atoms with Gasteiger partial charge in [-0.2, -0.15) is 0 Å². The number of hydrogen-bond donors (Lipinski definition) is 0. The van der Waals surface area contributed by atoms with Gasteiger partial charge in [-0.15, -0.1) is 0 Å². The molecule has 0 bridgehead atoms. The maximum atomic E-state index is 13.0. The van der Waals surface area contributed by atoms with E-state index in [2.05, 4.69) is 34.9 Å². The lowest BCUT2D eigenvalue weighted by Crippen LogP contribution is -2.25. The van der Waals surface area contributed by atoms with E-state index in [-0.39, 0.29) is 11.8 Å². The largest absolute Gasteiger partial charge is 0.495 e. The number of benzene rings is 3. The van der Waals surface area contributed by atoms with Crippen molar-refractivity contribution in [2.24, 2.45) is 0 Å². The molecule has 2 heterocycles. The minimum absolute atomic E-state index is 0.0422. The van der Waals surface area contributed by atoms with Crippen LogP contribution in [-0.2, 0) is 17.8 Å². The first-order chi connectivity index (χ1) is 15.2. The summed E-state index contributed by atoms with van der Waals surface area (Å²) in [6, 6.07) is 26.4. The number of carbonyl (C=O) groups excluding carboxylic acids is 1.